The molecule has 3 aromatic rings. The number of thioether (sulfide) groups is 1. The molecule has 0 spiro atoms. The number of para-hydroxylation sites is 2. The van der Waals surface area contributed by atoms with Gasteiger partial charge in [-0.25, -0.2) is 9.78 Å². The van der Waals surface area contributed by atoms with Gasteiger partial charge in [0.15, 0.2) is 5.13 Å². The van der Waals surface area contributed by atoms with Crippen molar-refractivity contribution in [2.75, 3.05) is 16.9 Å². The van der Waals surface area contributed by atoms with E-state index in [1.54, 1.807) is 11.8 Å². The van der Waals surface area contributed by atoms with Gasteiger partial charge in [-0.05, 0) is 30.5 Å². The van der Waals surface area contributed by atoms with E-state index in [2.05, 4.69) is 15.6 Å². The molecule has 0 saturated heterocycles. The minimum Gasteiger partial charge on any atom is -0.308 e. The molecule has 0 atom stereocenters. The zero-order valence-corrected chi connectivity index (χ0v) is 12.9. The molecule has 2 N–H and O–H groups in total. The molecule has 0 saturated carbocycles. The van der Waals surface area contributed by atoms with Crippen molar-refractivity contribution in [3.8, 4) is 0 Å². The SMILES string of the molecule is CSc1cccc2sc(NC(=O)Nc3ccccc3)nc12. The average molecular weight is 315 g/mol. The number of carbonyl (C=O) groups excluding carboxylic acids is 1. The molecule has 1 aromatic heterocycles. The number of urea groups is 1. The van der Waals surface area contributed by atoms with Crippen LogP contribution in [0.15, 0.2) is 53.4 Å². The first-order valence-corrected chi connectivity index (χ1v) is 8.37. The Hall–Kier alpha value is -2.05. The van der Waals surface area contributed by atoms with Crippen LogP contribution in [0.3, 0.4) is 0 Å². The third-order valence-electron chi connectivity index (χ3n) is 2.85. The minimum atomic E-state index is -0.286. The van der Waals surface area contributed by atoms with Crippen LogP contribution in [0.4, 0.5) is 15.6 Å². The Balaban J connectivity index is 1.77. The van der Waals surface area contributed by atoms with Crippen molar-refractivity contribution in [1.82, 2.24) is 4.98 Å². The third kappa shape index (κ3) is 3.17. The van der Waals surface area contributed by atoms with Crippen molar-refractivity contribution in [3.63, 3.8) is 0 Å². The van der Waals surface area contributed by atoms with Crippen LogP contribution in [0.2, 0.25) is 0 Å². The quantitative estimate of drug-likeness (QED) is 0.691. The number of benzene rings is 2. The molecule has 21 heavy (non-hydrogen) atoms. The van der Waals surface area contributed by atoms with Gasteiger partial charge < -0.3 is 5.32 Å². The van der Waals surface area contributed by atoms with Crippen molar-refractivity contribution < 1.29 is 4.79 Å². The molecule has 6 heteroatoms. The van der Waals surface area contributed by atoms with E-state index in [1.807, 2.05) is 54.8 Å². The Morgan fingerprint density at radius 3 is 2.67 bits per heavy atom. The summed E-state index contributed by atoms with van der Waals surface area (Å²) in [6, 6.07) is 15.1. The van der Waals surface area contributed by atoms with E-state index < -0.39 is 0 Å². The van der Waals surface area contributed by atoms with Crippen LogP contribution in [-0.4, -0.2) is 17.3 Å². The Bertz CT molecular complexity index is 771. The summed E-state index contributed by atoms with van der Waals surface area (Å²) < 4.78 is 1.07. The monoisotopic (exact) mass is 315 g/mol. The maximum atomic E-state index is 12.0. The fourth-order valence-electron chi connectivity index (χ4n) is 1.92. The lowest BCUT2D eigenvalue weighted by atomic mass is 10.3. The molecule has 4 nitrogen and oxygen atoms in total. The van der Waals surface area contributed by atoms with Gasteiger partial charge in [0.25, 0.3) is 0 Å². The topological polar surface area (TPSA) is 54.0 Å². The highest BCUT2D eigenvalue weighted by molar-refractivity contribution is 7.98. The van der Waals surface area contributed by atoms with Gasteiger partial charge in [0.05, 0.1) is 10.2 Å². The number of carbonyl (C=O) groups is 1. The zero-order valence-electron chi connectivity index (χ0n) is 11.3. The highest BCUT2D eigenvalue weighted by Gasteiger charge is 2.10. The first-order valence-electron chi connectivity index (χ1n) is 6.33. The zero-order chi connectivity index (χ0) is 14.7. The van der Waals surface area contributed by atoms with Gasteiger partial charge in [0.1, 0.15) is 0 Å². The molecule has 0 bridgehead atoms. The number of anilines is 2. The summed E-state index contributed by atoms with van der Waals surface area (Å²) in [6.07, 6.45) is 2.02. The molecular weight excluding hydrogens is 302 g/mol. The minimum absolute atomic E-state index is 0.286. The van der Waals surface area contributed by atoms with E-state index in [4.69, 9.17) is 0 Å². The van der Waals surface area contributed by atoms with Gasteiger partial charge in [0, 0.05) is 10.6 Å². The van der Waals surface area contributed by atoms with E-state index in [9.17, 15) is 4.79 Å². The number of rotatable bonds is 3. The maximum absolute atomic E-state index is 12.0. The summed E-state index contributed by atoms with van der Waals surface area (Å²) in [5, 5.41) is 6.15. The first kappa shape index (κ1) is 13.9. The summed E-state index contributed by atoms with van der Waals surface area (Å²) >= 11 is 3.12. The Kier molecular flexibility index (Phi) is 4.08. The van der Waals surface area contributed by atoms with Gasteiger partial charge >= 0.3 is 6.03 Å². The molecule has 0 aliphatic heterocycles. The Labute approximate surface area is 130 Å². The lowest BCUT2D eigenvalue weighted by Crippen LogP contribution is -2.19. The standard InChI is InChI=1S/C15H13N3OS2/c1-20-11-8-5-9-12-13(11)17-15(21-12)18-14(19)16-10-6-3-2-4-7-10/h2-9H,1H3,(H2,16,17,18,19). The van der Waals surface area contributed by atoms with E-state index in [1.165, 1.54) is 11.3 Å². The molecule has 106 valence electrons. The van der Waals surface area contributed by atoms with Crippen molar-refractivity contribution in [2.24, 2.45) is 0 Å². The summed E-state index contributed by atoms with van der Waals surface area (Å²) in [5.41, 5.74) is 1.69. The van der Waals surface area contributed by atoms with Gasteiger partial charge in [-0.15, -0.1) is 11.8 Å². The lowest BCUT2D eigenvalue weighted by Gasteiger charge is -2.04. The number of nitrogens with zero attached hydrogens (tertiary/aromatic N) is 1. The second kappa shape index (κ2) is 6.15. The third-order valence-corrected chi connectivity index (χ3v) is 4.56. The number of hydrogen-bond acceptors (Lipinski definition) is 4. The molecule has 2 amide bonds. The van der Waals surface area contributed by atoms with Crippen LogP contribution < -0.4 is 10.6 Å². The molecule has 3 rings (SSSR count). The van der Waals surface area contributed by atoms with Gasteiger partial charge in [-0.2, -0.15) is 0 Å². The number of thiazole rings is 1. The fourth-order valence-corrected chi connectivity index (χ4v) is 3.44. The molecule has 0 aliphatic rings. The van der Waals surface area contributed by atoms with Crippen LogP contribution in [0.5, 0.6) is 0 Å². The van der Waals surface area contributed by atoms with Gasteiger partial charge in [-0.1, -0.05) is 35.6 Å². The molecule has 1 heterocycles. The lowest BCUT2D eigenvalue weighted by molar-refractivity contribution is 0.262. The number of hydrogen-bond donors (Lipinski definition) is 2. The summed E-state index contributed by atoms with van der Waals surface area (Å²) in [6.45, 7) is 0. The number of fused-ring (bicyclic) bond motifs is 1. The summed E-state index contributed by atoms with van der Waals surface area (Å²) in [7, 11) is 0. The van der Waals surface area contributed by atoms with Crippen molar-refractivity contribution >= 4 is 50.2 Å². The largest absolute Gasteiger partial charge is 0.325 e. The highest BCUT2D eigenvalue weighted by Crippen LogP contribution is 2.32. The average Bonchev–Trinajstić information content (AvgIpc) is 2.90. The van der Waals surface area contributed by atoms with Crippen molar-refractivity contribution in [3.05, 3.63) is 48.5 Å². The molecule has 0 unspecified atom stereocenters. The van der Waals surface area contributed by atoms with E-state index in [0.29, 0.717) is 5.13 Å². The van der Waals surface area contributed by atoms with Gasteiger partial charge in [-0.3, -0.25) is 5.32 Å². The van der Waals surface area contributed by atoms with Gasteiger partial charge in [0.2, 0.25) is 0 Å². The van der Waals surface area contributed by atoms with Crippen molar-refractivity contribution in [1.29, 1.82) is 0 Å². The molecule has 0 aliphatic carbocycles. The second-order valence-corrected chi connectivity index (χ2v) is 6.15. The summed E-state index contributed by atoms with van der Waals surface area (Å²) in [4.78, 5) is 17.6. The number of aromatic nitrogens is 1. The fraction of sp³-hybridized carbons (Fsp3) is 0.0667. The molecule has 0 fully saturated rings. The van der Waals surface area contributed by atoms with Crippen LogP contribution >= 0.6 is 23.1 Å². The highest BCUT2D eigenvalue weighted by atomic mass is 32.2. The van der Waals surface area contributed by atoms with Crippen LogP contribution in [0, 0.1) is 0 Å². The maximum Gasteiger partial charge on any atom is 0.325 e. The normalized spacial score (nSPS) is 10.5. The Morgan fingerprint density at radius 1 is 1.10 bits per heavy atom. The number of amides is 2. The second-order valence-electron chi connectivity index (χ2n) is 4.27. The van der Waals surface area contributed by atoms with Crippen LogP contribution in [0.1, 0.15) is 0 Å². The number of nitrogens with one attached hydrogen (secondary N) is 2. The van der Waals surface area contributed by atoms with E-state index in [0.717, 1.165) is 20.8 Å². The van der Waals surface area contributed by atoms with Crippen LogP contribution in [0.25, 0.3) is 10.2 Å². The van der Waals surface area contributed by atoms with Crippen LogP contribution in [-0.2, 0) is 0 Å². The van der Waals surface area contributed by atoms with E-state index >= 15 is 0 Å². The summed E-state index contributed by atoms with van der Waals surface area (Å²) in [5.74, 6) is 0. The van der Waals surface area contributed by atoms with E-state index in [-0.39, 0.29) is 6.03 Å². The predicted octanol–water partition coefficient (Wildman–Crippen LogP) is 4.66. The molecular formula is C15H13N3OS2. The molecule has 2 aromatic carbocycles. The Morgan fingerprint density at radius 2 is 1.90 bits per heavy atom. The smallest absolute Gasteiger partial charge is 0.308 e. The predicted molar refractivity (Wildman–Crippen MR) is 90.5 cm³/mol. The van der Waals surface area contributed by atoms with Crippen molar-refractivity contribution in [2.45, 2.75) is 4.90 Å². The molecule has 0 radical (unpaired) electrons. The first-order chi connectivity index (χ1) is 10.3.